The van der Waals surface area contributed by atoms with Gasteiger partial charge < -0.3 is 0 Å². The van der Waals surface area contributed by atoms with Crippen molar-refractivity contribution in [2.45, 2.75) is 4.83 Å². The van der Waals surface area contributed by atoms with Gasteiger partial charge in [-0.15, -0.1) is 0 Å². The first-order chi connectivity index (χ1) is 8.90. The molecule has 2 rings (SSSR count). The van der Waals surface area contributed by atoms with Gasteiger partial charge in [0.05, 0.1) is 4.83 Å². The summed E-state index contributed by atoms with van der Waals surface area (Å²) >= 11 is 12.5. The summed E-state index contributed by atoms with van der Waals surface area (Å²) in [6.45, 7) is 0. The van der Waals surface area contributed by atoms with E-state index in [1.54, 1.807) is 18.2 Å². The summed E-state index contributed by atoms with van der Waals surface area (Å²) in [7, 11) is 0. The van der Waals surface area contributed by atoms with Crippen molar-refractivity contribution in [1.29, 1.82) is 0 Å². The summed E-state index contributed by atoms with van der Waals surface area (Å²) in [6.07, 6.45) is 0. The molecule has 0 amide bonds. The molecule has 0 spiro atoms. The smallest absolute Gasteiger partial charge is 0.133 e. The highest BCUT2D eigenvalue weighted by atomic mass is 79.9. The lowest BCUT2D eigenvalue weighted by molar-refractivity contribution is 0.527. The summed E-state index contributed by atoms with van der Waals surface area (Å²) in [5.41, 5.74) is 0.210. The van der Waals surface area contributed by atoms with E-state index in [4.69, 9.17) is 11.6 Å². The van der Waals surface area contributed by atoms with Gasteiger partial charge in [0.15, 0.2) is 0 Å². The average molecular weight is 414 g/mol. The Balaban J connectivity index is 2.56. The maximum atomic E-state index is 13.7. The highest BCUT2D eigenvalue weighted by Crippen LogP contribution is 2.39. The highest BCUT2D eigenvalue weighted by Gasteiger charge is 2.22. The lowest BCUT2D eigenvalue weighted by atomic mass is 10.0. The van der Waals surface area contributed by atoms with Crippen molar-refractivity contribution in [1.82, 2.24) is 0 Å². The Kier molecular flexibility index (Phi) is 4.58. The molecule has 0 saturated heterocycles. The summed E-state index contributed by atoms with van der Waals surface area (Å²) < 4.78 is 41.0. The van der Waals surface area contributed by atoms with Crippen molar-refractivity contribution in [3.05, 3.63) is 68.4 Å². The van der Waals surface area contributed by atoms with Crippen LogP contribution in [0.15, 0.2) is 34.8 Å². The van der Waals surface area contributed by atoms with Gasteiger partial charge >= 0.3 is 0 Å². The van der Waals surface area contributed by atoms with Crippen LogP contribution in [0.3, 0.4) is 0 Å². The van der Waals surface area contributed by atoms with Gasteiger partial charge in [0, 0.05) is 27.2 Å². The molecule has 0 heterocycles. The van der Waals surface area contributed by atoms with Crippen LogP contribution in [0.2, 0.25) is 5.02 Å². The minimum absolute atomic E-state index is 0.276. The molecule has 6 heteroatoms. The molecular weight excluding hydrogens is 408 g/mol. The lowest BCUT2D eigenvalue weighted by Crippen LogP contribution is -2.02. The maximum absolute atomic E-state index is 13.7. The molecule has 0 radical (unpaired) electrons. The van der Waals surface area contributed by atoms with E-state index in [1.807, 2.05) is 0 Å². The Labute approximate surface area is 129 Å². The number of hydrogen-bond donors (Lipinski definition) is 0. The van der Waals surface area contributed by atoms with Crippen LogP contribution < -0.4 is 0 Å². The van der Waals surface area contributed by atoms with Crippen molar-refractivity contribution in [2.24, 2.45) is 0 Å². The fraction of sp³-hybridized carbons (Fsp3) is 0.0769. The van der Waals surface area contributed by atoms with E-state index >= 15 is 0 Å². The molecule has 2 aromatic carbocycles. The summed E-state index contributed by atoms with van der Waals surface area (Å²) in [6, 6.07) is 6.23. The molecule has 1 atom stereocenters. The molecule has 1 unspecified atom stereocenters. The standard InChI is InChI=1S/C13H6Br2ClF3/c14-6-1-2-9(16)8(3-6)13(15)12-10(18)4-7(17)5-11(12)19/h1-5,13H. The Hall–Kier alpha value is -0.520. The zero-order valence-corrected chi connectivity index (χ0v) is 13.2. The van der Waals surface area contributed by atoms with Gasteiger partial charge in [-0.2, -0.15) is 0 Å². The van der Waals surface area contributed by atoms with E-state index in [2.05, 4.69) is 31.9 Å². The molecule has 2 aromatic rings. The second kappa shape index (κ2) is 5.85. The zero-order chi connectivity index (χ0) is 14.2. The highest BCUT2D eigenvalue weighted by molar-refractivity contribution is 9.10. The van der Waals surface area contributed by atoms with Gasteiger partial charge in [-0.3, -0.25) is 0 Å². The maximum Gasteiger partial charge on any atom is 0.133 e. The number of rotatable bonds is 2. The predicted molar refractivity (Wildman–Crippen MR) is 76.2 cm³/mol. The predicted octanol–water partition coefficient (Wildman–Crippen LogP) is 6.00. The minimum Gasteiger partial charge on any atom is -0.207 e. The van der Waals surface area contributed by atoms with E-state index in [0.717, 1.165) is 4.47 Å². The molecule has 0 saturated carbocycles. The van der Waals surface area contributed by atoms with Crippen LogP contribution in [-0.4, -0.2) is 0 Å². The number of benzene rings is 2. The molecule has 19 heavy (non-hydrogen) atoms. The van der Waals surface area contributed by atoms with Crippen LogP contribution in [0.1, 0.15) is 16.0 Å². The molecule has 0 nitrogen and oxygen atoms in total. The second-order valence-electron chi connectivity index (χ2n) is 3.81. The molecule has 0 aliphatic heterocycles. The summed E-state index contributed by atoms with van der Waals surface area (Å²) in [4.78, 5) is -0.807. The number of hydrogen-bond acceptors (Lipinski definition) is 0. The van der Waals surface area contributed by atoms with Gasteiger partial charge in [0.1, 0.15) is 17.5 Å². The second-order valence-corrected chi connectivity index (χ2v) is 6.05. The van der Waals surface area contributed by atoms with Crippen LogP contribution in [-0.2, 0) is 0 Å². The molecule has 0 aliphatic carbocycles. The summed E-state index contributed by atoms with van der Waals surface area (Å²) in [5.74, 6) is -2.88. The Morgan fingerprint density at radius 1 is 1.00 bits per heavy atom. The molecule has 0 N–H and O–H groups in total. The lowest BCUT2D eigenvalue weighted by Gasteiger charge is -2.15. The first-order valence-corrected chi connectivity index (χ1v) is 7.22. The van der Waals surface area contributed by atoms with Crippen molar-refractivity contribution in [3.8, 4) is 0 Å². The third-order valence-electron chi connectivity index (χ3n) is 2.53. The first-order valence-electron chi connectivity index (χ1n) is 5.13. The first kappa shape index (κ1) is 14.9. The van der Waals surface area contributed by atoms with Crippen molar-refractivity contribution in [3.63, 3.8) is 0 Å². The largest absolute Gasteiger partial charge is 0.207 e. The van der Waals surface area contributed by atoms with Crippen LogP contribution in [0, 0.1) is 17.5 Å². The van der Waals surface area contributed by atoms with Crippen LogP contribution in [0.4, 0.5) is 13.2 Å². The zero-order valence-electron chi connectivity index (χ0n) is 9.23. The fourth-order valence-corrected chi connectivity index (χ4v) is 3.21. The van der Waals surface area contributed by atoms with Gasteiger partial charge in [-0.1, -0.05) is 43.5 Å². The molecule has 0 bridgehead atoms. The van der Waals surface area contributed by atoms with E-state index in [-0.39, 0.29) is 5.56 Å². The van der Waals surface area contributed by atoms with E-state index < -0.39 is 22.3 Å². The van der Waals surface area contributed by atoms with Gasteiger partial charge in [0.2, 0.25) is 0 Å². The Morgan fingerprint density at radius 2 is 1.58 bits per heavy atom. The van der Waals surface area contributed by atoms with Crippen molar-refractivity contribution >= 4 is 43.5 Å². The molecular formula is C13H6Br2ClF3. The quantitative estimate of drug-likeness (QED) is 0.529. The van der Waals surface area contributed by atoms with E-state index in [9.17, 15) is 13.2 Å². The minimum atomic E-state index is -0.963. The van der Waals surface area contributed by atoms with Crippen LogP contribution in [0.5, 0.6) is 0 Å². The normalized spacial score (nSPS) is 12.5. The van der Waals surface area contributed by atoms with Crippen molar-refractivity contribution < 1.29 is 13.2 Å². The van der Waals surface area contributed by atoms with Crippen molar-refractivity contribution in [2.75, 3.05) is 0 Å². The Bertz CT molecular complexity index is 608. The Morgan fingerprint density at radius 3 is 2.16 bits per heavy atom. The molecule has 0 fully saturated rings. The monoisotopic (exact) mass is 412 g/mol. The van der Waals surface area contributed by atoms with Crippen LogP contribution >= 0.6 is 43.5 Å². The molecule has 100 valence electrons. The topological polar surface area (TPSA) is 0 Å². The van der Waals surface area contributed by atoms with E-state index in [0.29, 0.717) is 22.7 Å². The molecule has 0 aromatic heterocycles. The third kappa shape index (κ3) is 3.15. The SMILES string of the molecule is Fc1cc(F)c(C(Br)c2cc(Br)ccc2Cl)c(F)c1. The number of halogens is 6. The summed E-state index contributed by atoms with van der Waals surface area (Å²) in [5, 5.41) is 0.355. The molecule has 0 aliphatic rings. The third-order valence-corrected chi connectivity index (χ3v) is 4.32. The van der Waals surface area contributed by atoms with Gasteiger partial charge in [-0.05, 0) is 23.8 Å². The van der Waals surface area contributed by atoms with Gasteiger partial charge in [-0.25, -0.2) is 13.2 Å². The number of alkyl halides is 1. The van der Waals surface area contributed by atoms with Crippen LogP contribution in [0.25, 0.3) is 0 Å². The average Bonchev–Trinajstić information content (AvgIpc) is 2.30. The fourth-order valence-electron chi connectivity index (χ4n) is 1.66. The van der Waals surface area contributed by atoms with Gasteiger partial charge in [0.25, 0.3) is 0 Å². The van der Waals surface area contributed by atoms with E-state index in [1.165, 1.54) is 0 Å².